The van der Waals surface area contributed by atoms with Crippen LogP contribution in [0.25, 0.3) is 0 Å². The van der Waals surface area contributed by atoms with Crippen LogP contribution in [0.5, 0.6) is 5.75 Å². The van der Waals surface area contributed by atoms with Crippen molar-refractivity contribution in [2.75, 3.05) is 24.3 Å². The highest BCUT2D eigenvalue weighted by Crippen LogP contribution is 2.19. The average molecular weight is 389 g/mol. The number of para-hydroxylation sites is 1. The van der Waals surface area contributed by atoms with E-state index in [1.165, 1.54) is 0 Å². The minimum absolute atomic E-state index is 0.143. The van der Waals surface area contributed by atoms with Crippen molar-refractivity contribution in [1.82, 2.24) is 5.32 Å². The van der Waals surface area contributed by atoms with Gasteiger partial charge in [0, 0.05) is 17.4 Å². The first-order valence-electron chi connectivity index (χ1n) is 9.24. The summed E-state index contributed by atoms with van der Waals surface area (Å²) in [5, 5.41) is 8.09. The molecule has 0 saturated heterocycles. The van der Waals surface area contributed by atoms with Crippen LogP contribution in [0.4, 0.5) is 16.2 Å². The second kappa shape index (κ2) is 9.94. The minimum Gasteiger partial charge on any atom is -0.497 e. The first kappa shape index (κ1) is 19.9. The summed E-state index contributed by atoms with van der Waals surface area (Å²) >= 11 is 0. The van der Waals surface area contributed by atoms with Crippen LogP contribution < -0.4 is 20.7 Å². The van der Waals surface area contributed by atoms with Gasteiger partial charge in [0.1, 0.15) is 5.75 Å². The molecule has 0 saturated carbocycles. The summed E-state index contributed by atoms with van der Waals surface area (Å²) in [7, 11) is 1.55. The summed E-state index contributed by atoms with van der Waals surface area (Å²) < 4.78 is 5.12. The molecule has 6 heteroatoms. The summed E-state index contributed by atoms with van der Waals surface area (Å²) in [6.45, 7) is -0.143. The molecule has 0 aliphatic heterocycles. The zero-order valence-electron chi connectivity index (χ0n) is 16.1. The van der Waals surface area contributed by atoms with Gasteiger partial charge in [-0.15, -0.1) is 0 Å². The van der Waals surface area contributed by atoms with Gasteiger partial charge in [-0.3, -0.25) is 4.79 Å². The number of urea groups is 1. The lowest BCUT2D eigenvalue weighted by atomic mass is 10.0. The van der Waals surface area contributed by atoms with Crippen molar-refractivity contribution >= 4 is 23.3 Å². The Kier molecular flexibility index (Phi) is 6.84. The molecule has 3 amide bonds. The van der Waals surface area contributed by atoms with Crippen molar-refractivity contribution in [3.8, 4) is 5.75 Å². The molecule has 0 unspecified atom stereocenters. The molecule has 0 fully saturated rings. The Balaban J connectivity index is 1.53. The molecule has 3 aromatic carbocycles. The van der Waals surface area contributed by atoms with Crippen molar-refractivity contribution < 1.29 is 14.3 Å². The largest absolute Gasteiger partial charge is 0.497 e. The zero-order chi connectivity index (χ0) is 20.5. The number of hydrogen-bond acceptors (Lipinski definition) is 3. The molecule has 0 bridgehead atoms. The Morgan fingerprint density at radius 3 is 2.41 bits per heavy atom. The zero-order valence-corrected chi connectivity index (χ0v) is 16.1. The number of hydrogen-bond donors (Lipinski definition) is 3. The van der Waals surface area contributed by atoms with E-state index in [-0.39, 0.29) is 12.5 Å². The molecule has 3 rings (SSSR count). The number of methoxy groups -OCH3 is 1. The fraction of sp³-hybridized carbons (Fsp3) is 0.130. The third-order valence-electron chi connectivity index (χ3n) is 4.27. The Morgan fingerprint density at radius 1 is 0.862 bits per heavy atom. The Labute approximate surface area is 169 Å². The smallest absolute Gasteiger partial charge is 0.319 e. The van der Waals surface area contributed by atoms with Crippen LogP contribution in [0.2, 0.25) is 0 Å². The van der Waals surface area contributed by atoms with E-state index in [0.717, 1.165) is 16.8 Å². The van der Waals surface area contributed by atoms with Crippen LogP contribution >= 0.6 is 0 Å². The van der Waals surface area contributed by atoms with Crippen LogP contribution in [0.1, 0.15) is 11.1 Å². The summed E-state index contributed by atoms with van der Waals surface area (Å²) in [5.41, 5.74) is 3.48. The van der Waals surface area contributed by atoms with Gasteiger partial charge in [0.2, 0.25) is 5.91 Å². The van der Waals surface area contributed by atoms with E-state index in [1.807, 2.05) is 54.6 Å². The Hall–Kier alpha value is -3.80. The Morgan fingerprint density at radius 2 is 1.62 bits per heavy atom. The van der Waals surface area contributed by atoms with Gasteiger partial charge >= 0.3 is 6.03 Å². The van der Waals surface area contributed by atoms with E-state index < -0.39 is 6.03 Å². The SMILES string of the molecule is COc1cccc(NC(=O)NCC(=O)Nc2ccccc2Cc2ccccc2)c1. The van der Waals surface area contributed by atoms with Gasteiger partial charge in [0.15, 0.2) is 0 Å². The summed E-state index contributed by atoms with van der Waals surface area (Å²) in [4.78, 5) is 24.3. The van der Waals surface area contributed by atoms with E-state index in [0.29, 0.717) is 17.9 Å². The minimum atomic E-state index is -0.467. The molecular weight excluding hydrogens is 366 g/mol. The van der Waals surface area contributed by atoms with Crippen molar-refractivity contribution in [3.05, 3.63) is 90.0 Å². The molecule has 0 spiro atoms. The van der Waals surface area contributed by atoms with Gasteiger partial charge in [0.05, 0.1) is 13.7 Å². The number of carbonyl (C=O) groups excluding carboxylic acids is 2. The van der Waals surface area contributed by atoms with E-state index in [1.54, 1.807) is 31.4 Å². The van der Waals surface area contributed by atoms with Gasteiger partial charge in [-0.2, -0.15) is 0 Å². The summed E-state index contributed by atoms with van der Waals surface area (Å²) in [5.74, 6) is 0.335. The van der Waals surface area contributed by atoms with Crippen LogP contribution in [0.15, 0.2) is 78.9 Å². The lowest BCUT2D eigenvalue weighted by Crippen LogP contribution is -2.35. The van der Waals surface area contributed by atoms with Crippen molar-refractivity contribution in [2.45, 2.75) is 6.42 Å². The quantitative estimate of drug-likeness (QED) is 0.570. The topological polar surface area (TPSA) is 79.5 Å². The third kappa shape index (κ3) is 6.10. The van der Waals surface area contributed by atoms with Crippen molar-refractivity contribution in [1.29, 1.82) is 0 Å². The molecule has 0 aliphatic carbocycles. The fourth-order valence-corrected chi connectivity index (χ4v) is 2.84. The molecular formula is C23H23N3O3. The van der Waals surface area contributed by atoms with E-state index in [2.05, 4.69) is 16.0 Å². The summed E-state index contributed by atoms with van der Waals surface area (Å²) in [6.07, 6.45) is 0.709. The van der Waals surface area contributed by atoms with E-state index in [9.17, 15) is 9.59 Å². The molecule has 0 radical (unpaired) electrons. The monoisotopic (exact) mass is 389 g/mol. The fourth-order valence-electron chi connectivity index (χ4n) is 2.84. The Bertz CT molecular complexity index is 974. The predicted octanol–water partition coefficient (Wildman–Crippen LogP) is 4.05. The third-order valence-corrected chi connectivity index (χ3v) is 4.27. The molecule has 6 nitrogen and oxygen atoms in total. The average Bonchev–Trinajstić information content (AvgIpc) is 2.74. The molecule has 29 heavy (non-hydrogen) atoms. The van der Waals surface area contributed by atoms with Crippen LogP contribution in [0, 0.1) is 0 Å². The first-order valence-corrected chi connectivity index (χ1v) is 9.24. The maximum absolute atomic E-state index is 12.3. The highest BCUT2D eigenvalue weighted by atomic mass is 16.5. The molecule has 0 aromatic heterocycles. The number of ether oxygens (including phenoxy) is 1. The number of rotatable bonds is 7. The van der Waals surface area contributed by atoms with E-state index in [4.69, 9.17) is 4.74 Å². The lowest BCUT2D eigenvalue weighted by Gasteiger charge is -2.12. The van der Waals surface area contributed by atoms with Gasteiger partial charge < -0.3 is 20.7 Å². The van der Waals surface area contributed by atoms with Gasteiger partial charge in [0.25, 0.3) is 0 Å². The number of benzene rings is 3. The van der Waals surface area contributed by atoms with Crippen LogP contribution in [-0.4, -0.2) is 25.6 Å². The number of amides is 3. The molecule has 148 valence electrons. The lowest BCUT2D eigenvalue weighted by molar-refractivity contribution is -0.115. The van der Waals surface area contributed by atoms with Crippen molar-refractivity contribution in [2.24, 2.45) is 0 Å². The predicted molar refractivity (Wildman–Crippen MR) is 114 cm³/mol. The summed E-state index contributed by atoms with van der Waals surface area (Å²) in [6, 6.07) is 24.2. The standard InChI is InChI=1S/C23H23N3O3/c1-29-20-12-7-11-19(15-20)25-23(28)24-16-22(27)26-21-13-6-5-10-18(21)14-17-8-3-2-4-9-17/h2-13,15H,14,16H2,1H3,(H,26,27)(H2,24,25,28). The van der Waals surface area contributed by atoms with Gasteiger partial charge in [-0.25, -0.2) is 4.79 Å². The number of anilines is 2. The maximum atomic E-state index is 12.3. The molecule has 3 N–H and O–H groups in total. The van der Waals surface area contributed by atoms with Gasteiger partial charge in [-0.1, -0.05) is 54.6 Å². The highest BCUT2D eigenvalue weighted by Gasteiger charge is 2.09. The maximum Gasteiger partial charge on any atom is 0.319 e. The number of nitrogens with one attached hydrogen (secondary N) is 3. The van der Waals surface area contributed by atoms with Crippen LogP contribution in [0.3, 0.4) is 0 Å². The highest BCUT2D eigenvalue weighted by molar-refractivity contribution is 5.97. The molecule has 3 aromatic rings. The van der Waals surface area contributed by atoms with E-state index >= 15 is 0 Å². The second-order valence-corrected chi connectivity index (χ2v) is 6.41. The molecule has 0 heterocycles. The first-order chi connectivity index (χ1) is 14.1. The van der Waals surface area contributed by atoms with Crippen LogP contribution in [-0.2, 0) is 11.2 Å². The second-order valence-electron chi connectivity index (χ2n) is 6.41. The molecule has 0 aliphatic rings. The number of carbonyl (C=O) groups is 2. The van der Waals surface area contributed by atoms with Gasteiger partial charge in [-0.05, 0) is 35.7 Å². The normalized spacial score (nSPS) is 10.1. The van der Waals surface area contributed by atoms with Crippen molar-refractivity contribution in [3.63, 3.8) is 0 Å². The molecule has 0 atom stereocenters.